The van der Waals surface area contributed by atoms with E-state index in [1.54, 1.807) is 18.2 Å². The van der Waals surface area contributed by atoms with E-state index >= 15 is 0 Å². The number of fused-ring (bicyclic) bond motifs is 1. The first-order valence-corrected chi connectivity index (χ1v) is 7.13. The maximum absolute atomic E-state index is 12.1. The second kappa shape index (κ2) is 6.09. The van der Waals surface area contributed by atoms with E-state index in [4.69, 9.17) is 9.47 Å². The topological polar surface area (TPSA) is 47.6 Å². The second-order valence-corrected chi connectivity index (χ2v) is 4.92. The van der Waals surface area contributed by atoms with Gasteiger partial charge in [-0.2, -0.15) is 0 Å². The second-order valence-electron chi connectivity index (χ2n) is 4.12. The van der Waals surface area contributed by atoms with Crippen molar-refractivity contribution in [1.82, 2.24) is 5.32 Å². The Labute approximate surface area is 115 Å². The third-order valence-electron chi connectivity index (χ3n) is 2.92. The highest BCUT2D eigenvalue weighted by Crippen LogP contribution is 2.32. The summed E-state index contributed by atoms with van der Waals surface area (Å²) >= 11 is 3.39. The van der Waals surface area contributed by atoms with E-state index in [9.17, 15) is 4.79 Å². The largest absolute Gasteiger partial charge is 0.454 e. The summed E-state index contributed by atoms with van der Waals surface area (Å²) in [5, 5.41) is 3.89. The molecule has 0 bridgehead atoms. The van der Waals surface area contributed by atoms with Gasteiger partial charge in [0, 0.05) is 16.9 Å². The van der Waals surface area contributed by atoms with Crippen molar-refractivity contribution in [3.05, 3.63) is 23.8 Å². The number of alkyl halides is 1. The summed E-state index contributed by atoms with van der Waals surface area (Å²) in [6.07, 6.45) is 1.84. The molecule has 4 nitrogen and oxygen atoms in total. The van der Waals surface area contributed by atoms with Crippen LogP contribution in [0.5, 0.6) is 11.5 Å². The molecule has 98 valence electrons. The van der Waals surface area contributed by atoms with Gasteiger partial charge in [-0.25, -0.2) is 0 Å². The number of carbonyl (C=O) groups excluding carboxylic acids is 1. The summed E-state index contributed by atoms with van der Waals surface area (Å²) < 4.78 is 10.5. The Hall–Kier alpha value is -1.23. The average molecular weight is 314 g/mol. The fourth-order valence-corrected chi connectivity index (χ4v) is 2.37. The molecule has 0 aliphatic carbocycles. The summed E-state index contributed by atoms with van der Waals surface area (Å²) in [7, 11) is 0. The smallest absolute Gasteiger partial charge is 0.251 e. The van der Waals surface area contributed by atoms with E-state index in [2.05, 4.69) is 28.2 Å². The Kier molecular flexibility index (Phi) is 4.47. The van der Waals surface area contributed by atoms with Crippen molar-refractivity contribution in [2.75, 3.05) is 12.1 Å². The highest BCUT2D eigenvalue weighted by atomic mass is 79.9. The summed E-state index contributed by atoms with van der Waals surface area (Å²) in [6, 6.07) is 5.44. The molecule has 1 atom stereocenters. The molecule has 1 aliphatic rings. The lowest BCUT2D eigenvalue weighted by molar-refractivity contribution is 0.0934. The van der Waals surface area contributed by atoms with Crippen molar-refractivity contribution in [2.24, 2.45) is 0 Å². The van der Waals surface area contributed by atoms with Gasteiger partial charge in [0.2, 0.25) is 6.79 Å². The first kappa shape index (κ1) is 13.2. The molecule has 18 heavy (non-hydrogen) atoms. The summed E-state index contributed by atoms with van der Waals surface area (Å²) in [4.78, 5) is 12.1. The number of hydrogen-bond donors (Lipinski definition) is 1. The number of benzene rings is 1. The van der Waals surface area contributed by atoms with Crippen LogP contribution in [0.3, 0.4) is 0 Å². The van der Waals surface area contributed by atoms with Crippen LogP contribution in [-0.4, -0.2) is 24.1 Å². The summed E-state index contributed by atoms with van der Waals surface area (Å²) in [6.45, 7) is 2.29. The van der Waals surface area contributed by atoms with Crippen molar-refractivity contribution in [3.8, 4) is 11.5 Å². The molecular weight excluding hydrogens is 298 g/mol. The number of carbonyl (C=O) groups is 1. The van der Waals surface area contributed by atoms with Crippen LogP contribution < -0.4 is 14.8 Å². The van der Waals surface area contributed by atoms with Crippen LogP contribution in [0.15, 0.2) is 18.2 Å². The molecule has 1 aromatic carbocycles. The van der Waals surface area contributed by atoms with Crippen LogP contribution >= 0.6 is 15.9 Å². The van der Waals surface area contributed by atoms with Crippen LogP contribution in [0.1, 0.15) is 30.1 Å². The van der Waals surface area contributed by atoms with Crippen molar-refractivity contribution in [1.29, 1.82) is 0 Å². The van der Waals surface area contributed by atoms with Gasteiger partial charge in [-0.3, -0.25) is 4.79 Å². The number of nitrogens with one attached hydrogen (secondary N) is 1. The van der Waals surface area contributed by atoms with Crippen LogP contribution in [0.2, 0.25) is 0 Å². The Morgan fingerprint density at radius 2 is 2.22 bits per heavy atom. The molecule has 0 saturated heterocycles. The third kappa shape index (κ3) is 2.96. The van der Waals surface area contributed by atoms with E-state index in [0.717, 1.165) is 18.2 Å². The summed E-state index contributed by atoms with van der Waals surface area (Å²) in [5.41, 5.74) is 0.604. The number of hydrogen-bond acceptors (Lipinski definition) is 3. The Bertz CT molecular complexity index is 436. The number of halogens is 1. The molecule has 0 saturated carbocycles. The molecule has 1 aliphatic heterocycles. The predicted molar refractivity (Wildman–Crippen MR) is 72.5 cm³/mol. The molecule has 1 aromatic rings. The van der Waals surface area contributed by atoms with Gasteiger partial charge in [-0.15, -0.1) is 0 Å². The zero-order valence-electron chi connectivity index (χ0n) is 10.2. The quantitative estimate of drug-likeness (QED) is 0.850. The number of ether oxygens (including phenoxy) is 2. The van der Waals surface area contributed by atoms with Gasteiger partial charge < -0.3 is 14.8 Å². The molecular formula is C13H16BrNO3. The fraction of sp³-hybridized carbons (Fsp3) is 0.462. The zero-order valence-corrected chi connectivity index (χ0v) is 11.8. The molecule has 0 spiro atoms. The first-order chi connectivity index (χ1) is 8.74. The van der Waals surface area contributed by atoms with Gasteiger partial charge in [0.1, 0.15) is 0 Å². The fourth-order valence-electron chi connectivity index (χ4n) is 1.82. The minimum absolute atomic E-state index is 0.0684. The molecule has 0 fully saturated rings. The Morgan fingerprint density at radius 1 is 1.44 bits per heavy atom. The van der Waals surface area contributed by atoms with Crippen molar-refractivity contribution < 1.29 is 14.3 Å². The van der Waals surface area contributed by atoms with Gasteiger partial charge in [-0.05, 0) is 31.0 Å². The molecule has 5 heteroatoms. The summed E-state index contributed by atoms with van der Waals surface area (Å²) in [5.74, 6) is 1.26. The van der Waals surface area contributed by atoms with Gasteiger partial charge >= 0.3 is 0 Å². The predicted octanol–water partition coefficient (Wildman–Crippen LogP) is 2.71. The van der Waals surface area contributed by atoms with Gasteiger partial charge in [0.05, 0.1) is 0 Å². The van der Waals surface area contributed by atoms with E-state index in [1.165, 1.54) is 0 Å². The van der Waals surface area contributed by atoms with E-state index in [1.807, 2.05) is 0 Å². The molecule has 0 aromatic heterocycles. The maximum atomic E-state index is 12.1. The van der Waals surface area contributed by atoms with E-state index in [-0.39, 0.29) is 18.7 Å². The SMILES string of the molecule is CCC(CCBr)NC(=O)c1ccc2c(c1)OCO2. The molecule has 2 rings (SSSR count). The highest BCUT2D eigenvalue weighted by molar-refractivity contribution is 9.09. The van der Waals surface area contributed by atoms with Crippen LogP contribution in [0.25, 0.3) is 0 Å². The van der Waals surface area contributed by atoms with E-state index in [0.29, 0.717) is 17.1 Å². The lowest BCUT2D eigenvalue weighted by Crippen LogP contribution is -2.34. The normalized spacial score (nSPS) is 14.3. The first-order valence-electron chi connectivity index (χ1n) is 6.01. The average Bonchev–Trinajstić information content (AvgIpc) is 2.85. The molecule has 0 radical (unpaired) electrons. The maximum Gasteiger partial charge on any atom is 0.251 e. The molecule has 1 amide bonds. The van der Waals surface area contributed by atoms with Gasteiger partial charge in [-0.1, -0.05) is 22.9 Å². The van der Waals surface area contributed by atoms with Crippen LogP contribution in [0.4, 0.5) is 0 Å². The van der Waals surface area contributed by atoms with Gasteiger partial charge in [0.15, 0.2) is 11.5 Å². The molecule has 1 N–H and O–H groups in total. The standard InChI is InChI=1S/C13H16BrNO3/c1-2-10(5-6-14)15-13(16)9-3-4-11-12(7-9)18-8-17-11/h3-4,7,10H,2,5-6,8H2,1H3,(H,15,16). The lowest BCUT2D eigenvalue weighted by Gasteiger charge is -2.15. The van der Waals surface area contributed by atoms with Gasteiger partial charge in [0.25, 0.3) is 5.91 Å². The van der Waals surface area contributed by atoms with Crippen molar-refractivity contribution in [3.63, 3.8) is 0 Å². The Morgan fingerprint density at radius 3 is 2.94 bits per heavy atom. The van der Waals surface area contributed by atoms with Crippen molar-refractivity contribution >= 4 is 21.8 Å². The monoisotopic (exact) mass is 313 g/mol. The minimum atomic E-state index is -0.0684. The van der Waals surface area contributed by atoms with Crippen molar-refractivity contribution in [2.45, 2.75) is 25.8 Å². The molecule has 1 unspecified atom stereocenters. The number of amides is 1. The van der Waals surface area contributed by atoms with E-state index < -0.39 is 0 Å². The van der Waals surface area contributed by atoms with Crippen LogP contribution in [0, 0.1) is 0 Å². The minimum Gasteiger partial charge on any atom is -0.454 e. The lowest BCUT2D eigenvalue weighted by atomic mass is 10.1. The number of rotatable bonds is 5. The zero-order chi connectivity index (χ0) is 13.0. The molecule has 1 heterocycles. The van der Waals surface area contributed by atoms with Crippen LogP contribution in [-0.2, 0) is 0 Å². The highest BCUT2D eigenvalue weighted by Gasteiger charge is 2.17. The third-order valence-corrected chi connectivity index (χ3v) is 3.38. The Balaban J connectivity index is 2.04.